The molecular weight excluding hydrogens is 336 g/mol. The molecule has 0 amide bonds. The predicted molar refractivity (Wildman–Crippen MR) is 92.6 cm³/mol. The lowest BCUT2D eigenvalue weighted by atomic mass is 10.2. The molecule has 3 aromatic rings. The van der Waals surface area contributed by atoms with Crippen LogP contribution in [0.25, 0.3) is 10.8 Å². The largest absolute Gasteiger partial charge is 0.444 e. The van der Waals surface area contributed by atoms with E-state index in [2.05, 4.69) is 34.3 Å². The second-order valence-corrected chi connectivity index (χ2v) is 8.21. The van der Waals surface area contributed by atoms with Crippen LogP contribution in [0, 0.1) is 5.92 Å². The van der Waals surface area contributed by atoms with Crippen molar-refractivity contribution in [1.82, 2.24) is 15.2 Å². The molecule has 3 rings (SSSR count). The second kappa shape index (κ2) is 7.26. The highest BCUT2D eigenvalue weighted by Gasteiger charge is 2.10. The zero-order valence-corrected chi connectivity index (χ0v) is 14.7. The fraction of sp³-hybridized carbons (Fsp3) is 0.357. The van der Waals surface area contributed by atoms with Gasteiger partial charge in [0.15, 0.2) is 4.34 Å². The van der Waals surface area contributed by atoms with E-state index in [4.69, 9.17) is 4.42 Å². The van der Waals surface area contributed by atoms with Gasteiger partial charge < -0.3 is 9.73 Å². The SMILES string of the molecule is CC(C)CNc1nnc(SCc2coc(-c3cccs3)n2)s1. The molecule has 0 aliphatic rings. The first-order valence-corrected chi connectivity index (χ1v) is 9.57. The number of aromatic nitrogens is 3. The van der Waals surface area contributed by atoms with Crippen LogP contribution in [0.2, 0.25) is 0 Å². The van der Waals surface area contributed by atoms with Crippen molar-refractivity contribution in [1.29, 1.82) is 0 Å². The number of hydrogen-bond donors (Lipinski definition) is 1. The molecule has 0 spiro atoms. The Bertz CT molecular complexity index is 705. The Hall–Kier alpha value is -1.38. The van der Waals surface area contributed by atoms with Gasteiger partial charge in [-0.25, -0.2) is 4.98 Å². The summed E-state index contributed by atoms with van der Waals surface area (Å²) < 4.78 is 6.45. The Labute approximate surface area is 141 Å². The third kappa shape index (κ3) is 4.08. The van der Waals surface area contributed by atoms with Crippen molar-refractivity contribution in [2.75, 3.05) is 11.9 Å². The minimum Gasteiger partial charge on any atom is -0.444 e. The van der Waals surface area contributed by atoms with Gasteiger partial charge in [-0.3, -0.25) is 0 Å². The van der Waals surface area contributed by atoms with Crippen LogP contribution >= 0.6 is 34.4 Å². The molecule has 116 valence electrons. The maximum atomic E-state index is 5.51. The van der Waals surface area contributed by atoms with Gasteiger partial charge in [0.1, 0.15) is 6.26 Å². The fourth-order valence-electron chi connectivity index (χ4n) is 1.65. The van der Waals surface area contributed by atoms with E-state index in [9.17, 15) is 0 Å². The molecule has 0 aliphatic carbocycles. The first-order valence-electron chi connectivity index (χ1n) is 6.89. The summed E-state index contributed by atoms with van der Waals surface area (Å²) in [5.41, 5.74) is 0.917. The summed E-state index contributed by atoms with van der Waals surface area (Å²) in [6.07, 6.45) is 1.71. The number of nitrogens with zero attached hydrogens (tertiary/aromatic N) is 3. The molecular formula is C14H16N4OS3. The van der Waals surface area contributed by atoms with Gasteiger partial charge in [-0.2, -0.15) is 0 Å². The van der Waals surface area contributed by atoms with Gasteiger partial charge in [-0.05, 0) is 17.4 Å². The zero-order valence-electron chi connectivity index (χ0n) is 12.3. The van der Waals surface area contributed by atoms with Gasteiger partial charge in [0.05, 0.1) is 10.6 Å². The van der Waals surface area contributed by atoms with Crippen LogP contribution in [0.3, 0.4) is 0 Å². The van der Waals surface area contributed by atoms with Crippen molar-refractivity contribution in [3.8, 4) is 10.8 Å². The summed E-state index contributed by atoms with van der Waals surface area (Å²) in [6, 6.07) is 4.00. The number of thioether (sulfide) groups is 1. The molecule has 0 atom stereocenters. The fourth-order valence-corrected chi connectivity index (χ4v) is 3.94. The number of thiophene rings is 1. The third-order valence-corrected chi connectivity index (χ3v) is 5.60. The van der Waals surface area contributed by atoms with E-state index in [-0.39, 0.29) is 0 Å². The predicted octanol–water partition coefficient (Wildman–Crippen LogP) is 4.61. The molecule has 0 aliphatic heterocycles. The molecule has 1 N–H and O–H groups in total. The number of anilines is 1. The minimum absolute atomic E-state index is 0.589. The molecule has 8 heteroatoms. The van der Waals surface area contributed by atoms with Crippen LogP contribution < -0.4 is 5.32 Å². The summed E-state index contributed by atoms with van der Waals surface area (Å²) in [4.78, 5) is 5.55. The summed E-state index contributed by atoms with van der Waals surface area (Å²) >= 11 is 4.82. The monoisotopic (exact) mass is 352 g/mol. The molecule has 0 aromatic carbocycles. The Morgan fingerprint density at radius 3 is 3.05 bits per heavy atom. The lowest BCUT2D eigenvalue weighted by Gasteiger charge is -2.03. The summed E-state index contributed by atoms with van der Waals surface area (Å²) in [5.74, 6) is 2.00. The maximum Gasteiger partial charge on any atom is 0.236 e. The molecule has 0 fully saturated rings. The van der Waals surface area contributed by atoms with Crippen molar-refractivity contribution in [3.05, 3.63) is 29.5 Å². The van der Waals surface area contributed by atoms with E-state index in [1.165, 1.54) is 0 Å². The number of rotatable bonds is 7. The highest BCUT2D eigenvalue weighted by Crippen LogP contribution is 2.30. The molecule has 0 radical (unpaired) electrons. The van der Waals surface area contributed by atoms with E-state index < -0.39 is 0 Å². The Morgan fingerprint density at radius 1 is 1.36 bits per heavy atom. The van der Waals surface area contributed by atoms with Gasteiger partial charge in [0.2, 0.25) is 11.0 Å². The number of hydrogen-bond acceptors (Lipinski definition) is 8. The van der Waals surface area contributed by atoms with Crippen molar-refractivity contribution in [2.45, 2.75) is 23.9 Å². The van der Waals surface area contributed by atoms with Crippen LogP contribution in [0.4, 0.5) is 5.13 Å². The molecule has 3 aromatic heterocycles. The molecule has 0 bridgehead atoms. The standard InChI is InChI=1S/C14H16N4OS3/c1-9(2)6-15-13-17-18-14(22-13)21-8-10-7-19-12(16-10)11-4-3-5-20-11/h3-5,7,9H,6,8H2,1-2H3,(H,15,17). The minimum atomic E-state index is 0.589. The smallest absolute Gasteiger partial charge is 0.236 e. The average Bonchev–Trinajstić information content (AvgIpc) is 3.23. The lowest BCUT2D eigenvalue weighted by molar-refractivity contribution is 0.575. The Balaban J connectivity index is 1.54. The molecule has 3 heterocycles. The molecule has 5 nitrogen and oxygen atoms in total. The molecule has 0 saturated heterocycles. The first-order chi connectivity index (χ1) is 10.7. The third-order valence-electron chi connectivity index (χ3n) is 2.70. The maximum absolute atomic E-state index is 5.51. The van der Waals surface area contributed by atoms with E-state index in [1.807, 2.05) is 17.5 Å². The average molecular weight is 353 g/mol. The topological polar surface area (TPSA) is 63.8 Å². The second-order valence-electron chi connectivity index (χ2n) is 5.06. The highest BCUT2D eigenvalue weighted by molar-refractivity contribution is 8.00. The zero-order chi connectivity index (χ0) is 15.4. The Morgan fingerprint density at radius 2 is 2.27 bits per heavy atom. The molecule has 0 saturated carbocycles. The Kier molecular flexibility index (Phi) is 5.12. The van der Waals surface area contributed by atoms with E-state index in [0.29, 0.717) is 11.8 Å². The molecule has 0 unspecified atom stereocenters. The van der Waals surface area contributed by atoms with Gasteiger partial charge >= 0.3 is 0 Å². The van der Waals surface area contributed by atoms with Crippen molar-refractivity contribution >= 4 is 39.6 Å². The van der Waals surface area contributed by atoms with Crippen molar-refractivity contribution in [3.63, 3.8) is 0 Å². The van der Waals surface area contributed by atoms with Crippen molar-refractivity contribution < 1.29 is 4.42 Å². The summed E-state index contributed by atoms with van der Waals surface area (Å²) in [6.45, 7) is 5.24. The quantitative estimate of drug-likeness (QED) is 0.626. The van der Waals surface area contributed by atoms with Gasteiger partial charge in [-0.1, -0.05) is 43.0 Å². The number of nitrogens with one attached hydrogen (secondary N) is 1. The summed E-state index contributed by atoms with van der Waals surface area (Å²) in [7, 11) is 0. The van der Waals surface area contributed by atoms with Crippen LogP contribution in [0.1, 0.15) is 19.5 Å². The number of oxazole rings is 1. The van der Waals surface area contributed by atoms with Gasteiger partial charge in [-0.15, -0.1) is 21.5 Å². The van der Waals surface area contributed by atoms with Crippen LogP contribution in [-0.4, -0.2) is 21.7 Å². The van der Waals surface area contributed by atoms with E-state index >= 15 is 0 Å². The lowest BCUT2D eigenvalue weighted by Crippen LogP contribution is -2.07. The van der Waals surface area contributed by atoms with Gasteiger partial charge in [0.25, 0.3) is 0 Å². The summed E-state index contributed by atoms with van der Waals surface area (Å²) in [5, 5.41) is 14.5. The van der Waals surface area contributed by atoms with Crippen LogP contribution in [-0.2, 0) is 5.75 Å². The highest BCUT2D eigenvalue weighted by atomic mass is 32.2. The van der Waals surface area contributed by atoms with Gasteiger partial charge in [0, 0.05) is 12.3 Å². The van der Waals surface area contributed by atoms with Crippen LogP contribution in [0.5, 0.6) is 0 Å². The van der Waals surface area contributed by atoms with E-state index in [1.54, 1.807) is 40.7 Å². The van der Waals surface area contributed by atoms with Crippen molar-refractivity contribution in [2.24, 2.45) is 5.92 Å². The van der Waals surface area contributed by atoms with E-state index in [0.717, 1.165) is 32.3 Å². The van der Waals surface area contributed by atoms with Crippen LogP contribution in [0.15, 0.2) is 32.5 Å². The molecule has 22 heavy (non-hydrogen) atoms. The first kappa shape index (κ1) is 15.5. The normalized spacial score (nSPS) is 11.2.